The molecule has 28 heavy (non-hydrogen) atoms. The maximum atomic E-state index is 12.8. The van der Waals surface area contributed by atoms with Crippen LogP contribution in [0.3, 0.4) is 0 Å². The van der Waals surface area contributed by atoms with E-state index in [1.165, 1.54) is 79.0 Å². The lowest BCUT2D eigenvalue weighted by atomic mass is 9.50. The van der Waals surface area contributed by atoms with Crippen molar-refractivity contribution in [1.82, 2.24) is 10.2 Å². The van der Waals surface area contributed by atoms with E-state index in [0.717, 1.165) is 22.8 Å². The number of nitro benzene ring substituents is 1. The van der Waals surface area contributed by atoms with Gasteiger partial charge in [0.15, 0.2) is 0 Å². The third kappa shape index (κ3) is 2.82. The molecular weight excluding hydrogens is 376 g/mol. The van der Waals surface area contributed by atoms with Gasteiger partial charge in [-0.2, -0.15) is 0 Å². The second-order valence-electron chi connectivity index (χ2n) is 8.76. The van der Waals surface area contributed by atoms with Crippen LogP contribution in [-0.2, 0) is 5.41 Å². The van der Waals surface area contributed by atoms with Crippen LogP contribution in [0.2, 0.25) is 0 Å². The highest BCUT2D eigenvalue weighted by Gasteiger charge is 2.53. The first kappa shape index (κ1) is 17.7. The topological polar surface area (TPSA) is 89.2 Å². The van der Waals surface area contributed by atoms with Crippen LogP contribution in [-0.4, -0.2) is 28.1 Å². The van der Waals surface area contributed by atoms with E-state index in [1.807, 2.05) is 0 Å². The summed E-state index contributed by atoms with van der Waals surface area (Å²) in [6.45, 7) is 0. The zero-order valence-electron chi connectivity index (χ0n) is 15.7. The first-order valence-corrected chi connectivity index (χ1v) is 10.6. The Kier molecular flexibility index (Phi) is 4.01. The van der Waals surface area contributed by atoms with Gasteiger partial charge in [-0.1, -0.05) is 11.3 Å². The number of non-ortho nitro benzene ring substituents is 1. The molecule has 0 aliphatic heterocycles. The Labute approximate surface area is 166 Å². The minimum atomic E-state index is -0.472. The van der Waals surface area contributed by atoms with Gasteiger partial charge in [0.05, 0.1) is 4.92 Å². The van der Waals surface area contributed by atoms with Crippen LogP contribution in [0.25, 0.3) is 0 Å². The molecule has 1 heterocycles. The van der Waals surface area contributed by atoms with E-state index in [-0.39, 0.29) is 17.0 Å². The summed E-state index contributed by atoms with van der Waals surface area (Å²) >= 11 is 1.54. The van der Waals surface area contributed by atoms with Crippen molar-refractivity contribution in [3.05, 3.63) is 45.0 Å². The zero-order chi connectivity index (χ0) is 19.5. The molecule has 0 spiro atoms. The van der Waals surface area contributed by atoms with Crippen LogP contribution in [0, 0.1) is 27.9 Å². The number of aromatic nitrogens is 2. The van der Waals surface area contributed by atoms with Gasteiger partial charge in [0, 0.05) is 30.2 Å². The number of carbonyl (C=O) groups excluding carboxylic acids is 1. The lowest BCUT2D eigenvalue weighted by molar-refractivity contribution is -0.384. The van der Waals surface area contributed by atoms with Crippen molar-refractivity contribution in [3.63, 3.8) is 0 Å². The van der Waals surface area contributed by atoms with Crippen molar-refractivity contribution in [3.8, 4) is 0 Å². The number of nitrogens with zero attached hydrogens (tertiary/aromatic N) is 4. The number of amides is 1. The summed E-state index contributed by atoms with van der Waals surface area (Å²) in [5.41, 5.74) is 0.543. The molecule has 4 aliphatic carbocycles. The lowest BCUT2D eigenvalue weighted by Gasteiger charge is -2.55. The summed E-state index contributed by atoms with van der Waals surface area (Å²) in [7, 11) is 1.69. The summed E-state index contributed by atoms with van der Waals surface area (Å²) in [6.07, 6.45) is 7.78. The molecule has 0 atom stereocenters. The number of carbonyl (C=O) groups is 1. The number of nitro groups is 1. The van der Waals surface area contributed by atoms with Crippen molar-refractivity contribution in [1.29, 1.82) is 0 Å². The molecule has 6 rings (SSSR count). The Morgan fingerprint density at radius 3 is 2.21 bits per heavy atom. The largest absolute Gasteiger partial charge is 0.286 e. The number of anilines is 1. The minimum Gasteiger partial charge on any atom is -0.286 e. The Bertz CT molecular complexity index is 904. The normalized spacial score (nSPS) is 30.4. The summed E-state index contributed by atoms with van der Waals surface area (Å²) in [6, 6.07) is 5.67. The Morgan fingerprint density at radius 2 is 1.68 bits per heavy atom. The number of hydrogen-bond donors (Lipinski definition) is 0. The van der Waals surface area contributed by atoms with Gasteiger partial charge in [-0.3, -0.25) is 19.8 Å². The standard InChI is InChI=1S/C20H22N4O3S/c1-23(17(25)15-2-4-16(5-3-15)24(26)27)19-22-21-18(28-19)20-9-12-6-13(10-20)8-14(7-12)11-20/h2-5,12-14H,6-11H2,1H3. The van der Waals surface area contributed by atoms with Crippen LogP contribution >= 0.6 is 11.3 Å². The van der Waals surface area contributed by atoms with Gasteiger partial charge in [-0.25, -0.2) is 0 Å². The molecule has 0 radical (unpaired) electrons. The molecule has 4 fully saturated rings. The Hall–Kier alpha value is -2.35. The zero-order valence-corrected chi connectivity index (χ0v) is 16.5. The van der Waals surface area contributed by atoms with Crippen molar-refractivity contribution in [2.45, 2.75) is 43.9 Å². The molecule has 0 saturated heterocycles. The van der Waals surface area contributed by atoms with E-state index in [0.29, 0.717) is 10.7 Å². The molecular formula is C20H22N4O3S. The molecule has 146 valence electrons. The summed E-state index contributed by atoms with van der Waals surface area (Å²) in [4.78, 5) is 24.6. The maximum Gasteiger partial charge on any atom is 0.269 e. The molecule has 1 aromatic heterocycles. The molecule has 2 aromatic rings. The van der Waals surface area contributed by atoms with E-state index in [2.05, 4.69) is 10.2 Å². The molecule has 1 amide bonds. The summed E-state index contributed by atoms with van der Waals surface area (Å²) < 4.78 is 0. The smallest absolute Gasteiger partial charge is 0.269 e. The third-order valence-electron chi connectivity index (χ3n) is 6.82. The molecule has 1 aromatic carbocycles. The molecule has 8 heteroatoms. The molecule has 0 unspecified atom stereocenters. The fourth-order valence-electron chi connectivity index (χ4n) is 5.94. The fraction of sp³-hybridized carbons (Fsp3) is 0.550. The van der Waals surface area contributed by atoms with Crippen LogP contribution in [0.1, 0.15) is 53.9 Å². The van der Waals surface area contributed by atoms with Crippen molar-refractivity contribution in [2.75, 3.05) is 11.9 Å². The second-order valence-corrected chi connectivity index (χ2v) is 9.71. The van der Waals surface area contributed by atoms with E-state index in [9.17, 15) is 14.9 Å². The predicted octanol–water partition coefficient (Wildman–Crippen LogP) is 4.19. The second kappa shape index (κ2) is 6.34. The summed E-state index contributed by atoms with van der Waals surface area (Å²) in [5.74, 6) is 2.26. The Balaban J connectivity index is 1.37. The average molecular weight is 398 g/mol. The SMILES string of the molecule is CN(C(=O)c1ccc([N+](=O)[O-])cc1)c1nnc(C23CC4CC(CC(C4)C2)C3)s1. The van der Waals surface area contributed by atoms with Gasteiger partial charge in [-0.15, -0.1) is 10.2 Å². The highest BCUT2D eigenvalue weighted by Crippen LogP contribution is 2.61. The van der Waals surface area contributed by atoms with E-state index >= 15 is 0 Å². The van der Waals surface area contributed by atoms with Crippen molar-refractivity contribution >= 4 is 28.1 Å². The van der Waals surface area contributed by atoms with Crippen LogP contribution in [0.15, 0.2) is 24.3 Å². The van der Waals surface area contributed by atoms with Crippen molar-refractivity contribution < 1.29 is 9.72 Å². The van der Waals surface area contributed by atoms with Crippen LogP contribution in [0.5, 0.6) is 0 Å². The highest BCUT2D eigenvalue weighted by atomic mass is 32.1. The molecule has 4 bridgehead atoms. The maximum absolute atomic E-state index is 12.8. The molecule has 4 saturated carbocycles. The van der Waals surface area contributed by atoms with Crippen LogP contribution < -0.4 is 4.90 Å². The number of benzene rings is 1. The van der Waals surface area contributed by atoms with E-state index < -0.39 is 4.92 Å². The fourth-order valence-corrected chi connectivity index (χ4v) is 6.97. The molecule has 0 N–H and O–H groups in total. The van der Waals surface area contributed by atoms with E-state index in [1.54, 1.807) is 7.05 Å². The minimum absolute atomic E-state index is 0.0285. The average Bonchev–Trinajstić information content (AvgIpc) is 3.17. The first-order valence-electron chi connectivity index (χ1n) is 9.80. The van der Waals surface area contributed by atoms with Gasteiger partial charge in [0.25, 0.3) is 11.6 Å². The quantitative estimate of drug-likeness (QED) is 0.569. The van der Waals surface area contributed by atoms with Crippen molar-refractivity contribution in [2.24, 2.45) is 17.8 Å². The van der Waals surface area contributed by atoms with Gasteiger partial charge in [0.1, 0.15) is 5.01 Å². The summed E-state index contributed by atoms with van der Waals surface area (Å²) in [5, 5.41) is 21.3. The van der Waals surface area contributed by atoms with Gasteiger partial charge < -0.3 is 0 Å². The van der Waals surface area contributed by atoms with E-state index in [4.69, 9.17) is 0 Å². The molecule has 4 aliphatic rings. The lowest BCUT2D eigenvalue weighted by Crippen LogP contribution is -2.48. The highest BCUT2D eigenvalue weighted by molar-refractivity contribution is 7.15. The number of rotatable bonds is 4. The van der Waals surface area contributed by atoms with Gasteiger partial charge in [0.2, 0.25) is 5.13 Å². The molecule has 7 nitrogen and oxygen atoms in total. The third-order valence-corrected chi connectivity index (χ3v) is 8.07. The first-order chi connectivity index (χ1) is 13.4. The van der Waals surface area contributed by atoms with Gasteiger partial charge >= 0.3 is 0 Å². The monoisotopic (exact) mass is 398 g/mol. The van der Waals surface area contributed by atoms with Gasteiger partial charge in [-0.05, 0) is 68.4 Å². The van der Waals surface area contributed by atoms with Crippen LogP contribution in [0.4, 0.5) is 10.8 Å². The predicted molar refractivity (Wildman–Crippen MR) is 106 cm³/mol. The number of hydrogen-bond acceptors (Lipinski definition) is 6. The Morgan fingerprint density at radius 1 is 1.11 bits per heavy atom.